The Kier molecular flexibility index (Phi) is 11.3. The number of rotatable bonds is 10. The molecule has 14 heteroatoms. The fourth-order valence-corrected chi connectivity index (χ4v) is 5.76. The monoisotopic (exact) mass is 691 g/mol. The van der Waals surface area contributed by atoms with Gasteiger partial charge in [0.2, 0.25) is 21.8 Å². The standard InChI is InChI=1S/C30H31Cl3F3N3O4S/c1-29(2,3)37-28(41)26(15-19-8-6-5-7-9-19)38(17-20-10-12-22(31)24(33)14-20)27(40)18-39(44(4,42)43)25-16-21(30(34,35)36)11-13-23(25)32/h5-14,16,26H,15,17-18H2,1-4H3,(H,37,41)/t26-/m1/s1. The van der Waals surface area contributed by atoms with Gasteiger partial charge in [0.1, 0.15) is 12.6 Å². The second-order valence-corrected chi connectivity index (χ2v) is 14.3. The molecular formula is C30H31Cl3F3N3O4S. The highest BCUT2D eigenvalue weighted by molar-refractivity contribution is 7.92. The van der Waals surface area contributed by atoms with E-state index in [4.69, 9.17) is 34.8 Å². The Morgan fingerprint density at radius 2 is 1.48 bits per heavy atom. The molecule has 1 N–H and O–H groups in total. The lowest BCUT2D eigenvalue weighted by molar-refractivity contribution is -0.140. The molecule has 3 aromatic rings. The number of amides is 2. The van der Waals surface area contributed by atoms with E-state index in [1.807, 2.05) is 0 Å². The molecule has 0 fully saturated rings. The van der Waals surface area contributed by atoms with Crippen LogP contribution in [0.1, 0.15) is 37.5 Å². The molecule has 0 saturated carbocycles. The topological polar surface area (TPSA) is 86.8 Å². The SMILES string of the molecule is CC(C)(C)NC(=O)[C@@H](Cc1ccccc1)N(Cc1ccc(Cl)c(Cl)c1)C(=O)CN(c1cc(C(F)(F)F)ccc1Cl)S(C)(=O)=O. The van der Waals surface area contributed by atoms with Crippen LogP contribution in [0.15, 0.2) is 66.7 Å². The third kappa shape index (κ3) is 9.76. The first-order valence-electron chi connectivity index (χ1n) is 13.2. The fourth-order valence-electron chi connectivity index (χ4n) is 4.32. The molecule has 0 bridgehead atoms. The molecule has 3 aromatic carbocycles. The average Bonchev–Trinajstić information content (AvgIpc) is 2.90. The molecule has 44 heavy (non-hydrogen) atoms. The van der Waals surface area contributed by atoms with Gasteiger partial charge < -0.3 is 10.2 Å². The van der Waals surface area contributed by atoms with Gasteiger partial charge in [-0.05, 0) is 62.2 Å². The first-order valence-corrected chi connectivity index (χ1v) is 16.2. The van der Waals surface area contributed by atoms with E-state index < -0.39 is 57.4 Å². The zero-order chi connectivity index (χ0) is 33.0. The summed E-state index contributed by atoms with van der Waals surface area (Å²) in [6, 6.07) is 14.5. The molecule has 0 radical (unpaired) electrons. The fraction of sp³-hybridized carbons (Fsp3) is 0.333. The van der Waals surface area contributed by atoms with E-state index in [-0.39, 0.29) is 28.0 Å². The van der Waals surface area contributed by atoms with Crippen molar-refractivity contribution in [3.63, 3.8) is 0 Å². The summed E-state index contributed by atoms with van der Waals surface area (Å²) < 4.78 is 67.0. The van der Waals surface area contributed by atoms with E-state index in [1.54, 1.807) is 57.2 Å². The van der Waals surface area contributed by atoms with E-state index in [2.05, 4.69) is 5.32 Å². The third-order valence-electron chi connectivity index (χ3n) is 6.33. The third-order valence-corrected chi connectivity index (χ3v) is 8.51. The number of carbonyl (C=O) groups is 2. The van der Waals surface area contributed by atoms with Crippen molar-refractivity contribution in [3.8, 4) is 0 Å². The van der Waals surface area contributed by atoms with Crippen LogP contribution in [-0.4, -0.2) is 49.5 Å². The van der Waals surface area contributed by atoms with Crippen LogP contribution < -0.4 is 9.62 Å². The second-order valence-electron chi connectivity index (χ2n) is 11.1. The number of anilines is 1. The van der Waals surface area contributed by atoms with E-state index in [1.165, 1.54) is 17.0 Å². The molecule has 0 saturated heterocycles. The lowest BCUT2D eigenvalue weighted by Crippen LogP contribution is -2.56. The number of benzene rings is 3. The number of hydrogen-bond acceptors (Lipinski definition) is 4. The van der Waals surface area contributed by atoms with Crippen molar-refractivity contribution in [2.24, 2.45) is 0 Å². The van der Waals surface area contributed by atoms with Gasteiger partial charge in [0.05, 0.1) is 32.6 Å². The summed E-state index contributed by atoms with van der Waals surface area (Å²) >= 11 is 18.5. The van der Waals surface area contributed by atoms with Crippen LogP contribution in [0.2, 0.25) is 15.1 Å². The van der Waals surface area contributed by atoms with E-state index in [0.29, 0.717) is 27.6 Å². The molecule has 3 rings (SSSR count). The Labute approximate surface area is 269 Å². The van der Waals surface area contributed by atoms with Gasteiger partial charge in [-0.25, -0.2) is 8.42 Å². The number of halogens is 6. The highest BCUT2D eigenvalue weighted by atomic mass is 35.5. The number of carbonyl (C=O) groups excluding carboxylic acids is 2. The highest BCUT2D eigenvalue weighted by Crippen LogP contribution is 2.36. The van der Waals surface area contributed by atoms with Gasteiger partial charge in [-0.1, -0.05) is 71.2 Å². The number of sulfonamides is 1. The van der Waals surface area contributed by atoms with Crippen LogP contribution >= 0.6 is 34.8 Å². The molecule has 1 atom stereocenters. The molecule has 2 amide bonds. The van der Waals surface area contributed by atoms with Crippen molar-refractivity contribution in [3.05, 3.63) is 98.5 Å². The van der Waals surface area contributed by atoms with Crippen molar-refractivity contribution >= 4 is 62.3 Å². The maximum Gasteiger partial charge on any atom is 0.416 e. The zero-order valence-electron chi connectivity index (χ0n) is 24.3. The summed E-state index contributed by atoms with van der Waals surface area (Å²) in [5, 5.41) is 2.99. The van der Waals surface area contributed by atoms with Crippen LogP contribution in [0.4, 0.5) is 18.9 Å². The summed E-state index contributed by atoms with van der Waals surface area (Å²) in [5.41, 5.74) is -1.22. The van der Waals surface area contributed by atoms with Gasteiger partial charge in [-0.3, -0.25) is 13.9 Å². The summed E-state index contributed by atoms with van der Waals surface area (Å²) in [5.74, 6) is -1.40. The minimum atomic E-state index is -4.81. The number of alkyl halides is 3. The lowest BCUT2D eigenvalue weighted by atomic mass is 10.0. The molecule has 0 spiro atoms. The minimum Gasteiger partial charge on any atom is -0.350 e. The molecule has 0 aliphatic rings. The first kappa shape index (κ1) is 35.5. The van der Waals surface area contributed by atoms with Crippen LogP contribution in [0.3, 0.4) is 0 Å². The zero-order valence-corrected chi connectivity index (χ0v) is 27.3. The normalized spacial score (nSPS) is 12.9. The summed E-state index contributed by atoms with van der Waals surface area (Å²) in [6.07, 6.45) is -4.02. The van der Waals surface area contributed by atoms with Gasteiger partial charge in [-0.15, -0.1) is 0 Å². The van der Waals surface area contributed by atoms with Crippen LogP contribution in [0.5, 0.6) is 0 Å². The molecule has 0 aliphatic carbocycles. The van der Waals surface area contributed by atoms with Gasteiger partial charge in [-0.2, -0.15) is 13.2 Å². The van der Waals surface area contributed by atoms with E-state index in [9.17, 15) is 31.2 Å². The van der Waals surface area contributed by atoms with Crippen LogP contribution in [0, 0.1) is 0 Å². The van der Waals surface area contributed by atoms with Gasteiger partial charge in [0.15, 0.2) is 0 Å². The van der Waals surface area contributed by atoms with E-state index >= 15 is 0 Å². The number of nitrogens with zero attached hydrogens (tertiary/aromatic N) is 2. The number of nitrogens with one attached hydrogen (secondary N) is 1. The largest absolute Gasteiger partial charge is 0.416 e. The quantitative estimate of drug-likeness (QED) is 0.248. The Morgan fingerprint density at radius 3 is 2.02 bits per heavy atom. The van der Waals surface area contributed by atoms with Crippen molar-refractivity contribution in [2.45, 2.75) is 51.5 Å². The first-order chi connectivity index (χ1) is 20.3. The van der Waals surface area contributed by atoms with Gasteiger partial charge in [0.25, 0.3) is 0 Å². The van der Waals surface area contributed by atoms with Gasteiger partial charge in [0, 0.05) is 18.5 Å². The molecule has 0 aliphatic heterocycles. The Balaban J connectivity index is 2.15. The van der Waals surface area contributed by atoms with Crippen LogP contribution in [0.25, 0.3) is 0 Å². The molecule has 0 aromatic heterocycles. The number of hydrogen-bond donors (Lipinski definition) is 1. The van der Waals surface area contributed by atoms with Crippen molar-refractivity contribution in [1.82, 2.24) is 10.2 Å². The second kappa shape index (κ2) is 14.0. The molecule has 0 heterocycles. The maximum absolute atomic E-state index is 14.1. The summed E-state index contributed by atoms with van der Waals surface area (Å²) in [4.78, 5) is 29.1. The molecule has 7 nitrogen and oxygen atoms in total. The van der Waals surface area contributed by atoms with Gasteiger partial charge >= 0.3 is 6.18 Å². The summed E-state index contributed by atoms with van der Waals surface area (Å²) in [7, 11) is -4.36. The molecule has 0 unspecified atom stereocenters. The molecular weight excluding hydrogens is 662 g/mol. The average molecular weight is 693 g/mol. The Hall–Kier alpha value is -2.99. The molecule has 238 valence electrons. The Bertz CT molecular complexity index is 1620. The Morgan fingerprint density at radius 1 is 0.864 bits per heavy atom. The maximum atomic E-state index is 14.1. The predicted molar refractivity (Wildman–Crippen MR) is 167 cm³/mol. The van der Waals surface area contributed by atoms with Crippen molar-refractivity contribution < 1.29 is 31.2 Å². The van der Waals surface area contributed by atoms with Crippen molar-refractivity contribution in [2.75, 3.05) is 17.1 Å². The summed E-state index contributed by atoms with van der Waals surface area (Å²) in [6.45, 7) is 4.12. The highest BCUT2D eigenvalue weighted by Gasteiger charge is 2.36. The smallest absolute Gasteiger partial charge is 0.350 e. The van der Waals surface area contributed by atoms with E-state index in [0.717, 1.165) is 12.3 Å². The lowest BCUT2D eigenvalue weighted by Gasteiger charge is -2.35. The van der Waals surface area contributed by atoms with Crippen LogP contribution in [-0.2, 0) is 38.8 Å². The predicted octanol–water partition coefficient (Wildman–Crippen LogP) is 6.99. The van der Waals surface area contributed by atoms with Crippen molar-refractivity contribution in [1.29, 1.82) is 0 Å². The minimum absolute atomic E-state index is 0.0407.